The molecule has 1 aliphatic rings. The largest absolute Gasteiger partial charge is 0.417 e. The Hall–Kier alpha value is -2.59. The maximum absolute atomic E-state index is 13.2. The Balaban J connectivity index is 1.58. The van der Waals surface area contributed by atoms with Crippen LogP contribution >= 0.6 is 23.2 Å². The molecule has 1 fully saturated rings. The number of hydrogen-bond donors (Lipinski definition) is 3. The fraction of sp³-hybridized carbons (Fsp3) is 0.385. The number of nitrogens with zero attached hydrogens (tertiary/aromatic N) is 2. The number of ether oxygens (including phenoxy) is 1. The van der Waals surface area contributed by atoms with Gasteiger partial charge in [-0.05, 0) is 61.9 Å². The maximum atomic E-state index is 13.2. The van der Waals surface area contributed by atoms with E-state index < -0.39 is 11.7 Å². The fourth-order valence-corrected chi connectivity index (χ4v) is 4.76. The minimum Gasteiger partial charge on any atom is -0.361 e. The van der Waals surface area contributed by atoms with Gasteiger partial charge in [0.25, 0.3) is 0 Å². The summed E-state index contributed by atoms with van der Waals surface area (Å²) in [5, 5.41) is 9.44. The van der Waals surface area contributed by atoms with E-state index in [9.17, 15) is 13.2 Å². The number of rotatable bonds is 7. The Morgan fingerprint density at radius 3 is 2.57 bits per heavy atom. The van der Waals surface area contributed by atoms with Crippen molar-refractivity contribution in [1.29, 1.82) is 0 Å². The van der Waals surface area contributed by atoms with E-state index >= 15 is 0 Å². The molecule has 3 atom stereocenters. The Morgan fingerprint density at radius 2 is 1.84 bits per heavy atom. The Morgan fingerprint density at radius 1 is 1.08 bits per heavy atom. The Kier molecular flexibility index (Phi) is 8.48. The molecule has 2 aromatic carbocycles. The first kappa shape index (κ1) is 27.4. The summed E-state index contributed by atoms with van der Waals surface area (Å²) in [7, 11) is 0. The van der Waals surface area contributed by atoms with E-state index in [1.807, 2.05) is 32.0 Å². The van der Waals surface area contributed by atoms with Crippen molar-refractivity contribution >= 4 is 46.3 Å². The van der Waals surface area contributed by atoms with E-state index in [2.05, 4.69) is 38.9 Å². The molecule has 11 heteroatoms. The van der Waals surface area contributed by atoms with Crippen LogP contribution in [0.1, 0.15) is 44.2 Å². The van der Waals surface area contributed by atoms with Gasteiger partial charge in [-0.25, -0.2) is 4.98 Å². The van der Waals surface area contributed by atoms with Crippen LogP contribution < -0.4 is 16.0 Å². The summed E-state index contributed by atoms with van der Waals surface area (Å²) in [6, 6.07) is 11.4. The molecule has 4 rings (SSSR count). The lowest BCUT2D eigenvalue weighted by Gasteiger charge is -2.37. The molecular weight excluding hydrogens is 526 g/mol. The number of hydrogen-bond acceptors (Lipinski definition) is 6. The van der Waals surface area contributed by atoms with Gasteiger partial charge in [-0.3, -0.25) is 5.32 Å². The van der Waals surface area contributed by atoms with Crippen molar-refractivity contribution in [1.82, 2.24) is 15.3 Å². The highest BCUT2D eigenvalue weighted by Gasteiger charge is 2.33. The molecule has 0 aliphatic carbocycles. The van der Waals surface area contributed by atoms with Crippen LogP contribution in [0.2, 0.25) is 10.0 Å². The molecule has 0 radical (unpaired) electrons. The smallest absolute Gasteiger partial charge is 0.361 e. The van der Waals surface area contributed by atoms with Crippen LogP contribution in [-0.4, -0.2) is 28.8 Å². The molecule has 0 spiro atoms. The quantitative estimate of drug-likeness (QED) is 0.277. The molecule has 1 aliphatic heterocycles. The van der Waals surface area contributed by atoms with E-state index in [4.69, 9.17) is 27.9 Å². The van der Waals surface area contributed by atoms with Gasteiger partial charge >= 0.3 is 6.18 Å². The number of nitrogens with one attached hydrogen (secondary N) is 3. The molecule has 3 unspecified atom stereocenters. The van der Waals surface area contributed by atoms with Gasteiger partial charge in [-0.2, -0.15) is 18.2 Å². The molecule has 2 heterocycles. The number of para-hydroxylation sites is 1. The molecule has 6 nitrogen and oxygen atoms in total. The van der Waals surface area contributed by atoms with Crippen LogP contribution in [-0.2, 0) is 10.9 Å². The predicted octanol–water partition coefficient (Wildman–Crippen LogP) is 7.75. The van der Waals surface area contributed by atoms with Crippen LogP contribution in [0.25, 0.3) is 0 Å². The average molecular weight is 554 g/mol. The lowest BCUT2D eigenvalue weighted by atomic mass is 9.81. The van der Waals surface area contributed by atoms with E-state index in [-0.39, 0.29) is 39.9 Å². The van der Waals surface area contributed by atoms with Gasteiger partial charge in [0.05, 0.1) is 22.9 Å². The van der Waals surface area contributed by atoms with Crippen molar-refractivity contribution in [2.75, 3.05) is 17.2 Å². The summed E-state index contributed by atoms with van der Waals surface area (Å²) in [6.45, 7) is 7.04. The number of anilines is 4. The van der Waals surface area contributed by atoms with Gasteiger partial charge in [0.2, 0.25) is 5.95 Å². The number of alkyl halides is 3. The van der Waals surface area contributed by atoms with E-state index in [1.54, 1.807) is 0 Å². The Bertz CT molecular complexity index is 1240. The second-order valence-corrected chi connectivity index (χ2v) is 10.1. The molecule has 3 aromatic rings. The number of benzene rings is 2. The van der Waals surface area contributed by atoms with Crippen molar-refractivity contribution in [3.8, 4) is 0 Å². The average Bonchev–Trinajstić information content (AvgIpc) is 2.83. The zero-order valence-electron chi connectivity index (χ0n) is 20.5. The normalized spacial score (nSPS) is 20.2. The first-order chi connectivity index (χ1) is 17.5. The van der Waals surface area contributed by atoms with Crippen LogP contribution in [0.4, 0.5) is 36.3 Å². The van der Waals surface area contributed by atoms with E-state index in [0.717, 1.165) is 30.3 Å². The highest BCUT2D eigenvalue weighted by molar-refractivity contribution is 6.33. The van der Waals surface area contributed by atoms with Crippen molar-refractivity contribution < 1.29 is 17.9 Å². The van der Waals surface area contributed by atoms with Gasteiger partial charge in [0.15, 0.2) is 5.82 Å². The Labute approximate surface area is 223 Å². The number of aromatic nitrogens is 2. The zero-order valence-corrected chi connectivity index (χ0v) is 22.0. The topological polar surface area (TPSA) is 71.1 Å². The molecule has 0 saturated carbocycles. The van der Waals surface area contributed by atoms with E-state index in [1.165, 1.54) is 18.3 Å². The third kappa shape index (κ3) is 6.84. The lowest BCUT2D eigenvalue weighted by molar-refractivity contribution is -0.137. The van der Waals surface area contributed by atoms with Crippen LogP contribution in [0.3, 0.4) is 0 Å². The summed E-state index contributed by atoms with van der Waals surface area (Å²) in [6.07, 6.45) is -2.33. The van der Waals surface area contributed by atoms with Crippen molar-refractivity contribution in [3.05, 3.63) is 69.8 Å². The molecule has 37 heavy (non-hydrogen) atoms. The number of halogens is 5. The summed E-state index contributed by atoms with van der Waals surface area (Å²) in [4.78, 5) is 8.54. The molecule has 0 bridgehead atoms. The molecule has 1 saturated heterocycles. The van der Waals surface area contributed by atoms with Gasteiger partial charge in [-0.15, -0.1) is 0 Å². The second kappa shape index (κ2) is 11.4. The standard InChI is InChI=1S/C26H28Cl2F3N5O/c1-14(2)37-23-11-18(15(3)12-32-23)17-6-4-5-7-22(17)35-24-21(28)13-33-25(36-24)34-16-8-9-20(27)19(10-16)26(29,30)31/h4-10,13-15,18,23,32H,11-12H2,1-3H3,(H2,33,34,35,36). The van der Waals surface area contributed by atoms with Gasteiger partial charge in [-0.1, -0.05) is 48.3 Å². The van der Waals surface area contributed by atoms with Crippen molar-refractivity contribution in [3.63, 3.8) is 0 Å². The third-order valence-electron chi connectivity index (χ3n) is 6.14. The second-order valence-electron chi connectivity index (χ2n) is 9.32. The molecule has 3 N–H and O–H groups in total. The van der Waals surface area contributed by atoms with Gasteiger partial charge < -0.3 is 15.4 Å². The first-order valence-corrected chi connectivity index (χ1v) is 12.7. The minimum atomic E-state index is -4.59. The van der Waals surface area contributed by atoms with Gasteiger partial charge in [0, 0.05) is 17.9 Å². The monoisotopic (exact) mass is 553 g/mol. The lowest BCUT2D eigenvalue weighted by Crippen LogP contribution is -2.44. The summed E-state index contributed by atoms with van der Waals surface area (Å²) in [5.74, 6) is 0.996. The van der Waals surface area contributed by atoms with Gasteiger partial charge in [0.1, 0.15) is 11.3 Å². The fourth-order valence-electron chi connectivity index (χ4n) is 4.40. The van der Waals surface area contributed by atoms with Crippen LogP contribution in [0.5, 0.6) is 0 Å². The minimum absolute atomic E-state index is 0.0475. The predicted molar refractivity (Wildman–Crippen MR) is 141 cm³/mol. The summed E-state index contributed by atoms with van der Waals surface area (Å²) in [5.41, 5.74) is 1.13. The third-order valence-corrected chi connectivity index (χ3v) is 6.75. The molecule has 198 valence electrons. The summed E-state index contributed by atoms with van der Waals surface area (Å²) >= 11 is 12.1. The highest BCUT2D eigenvalue weighted by Crippen LogP contribution is 2.39. The SMILES string of the molecule is CC(C)OC1CC(c2ccccc2Nc2nc(Nc3ccc(Cl)c(C(F)(F)F)c3)ncc2Cl)C(C)CN1. The highest BCUT2D eigenvalue weighted by atomic mass is 35.5. The summed E-state index contributed by atoms with van der Waals surface area (Å²) < 4.78 is 45.8. The van der Waals surface area contributed by atoms with Crippen LogP contribution in [0, 0.1) is 5.92 Å². The maximum Gasteiger partial charge on any atom is 0.417 e. The first-order valence-electron chi connectivity index (χ1n) is 11.9. The molecular formula is C26H28Cl2F3N5O. The van der Waals surface area contributed by atoms with Crippen LogP contribution in [0.15, 0.2) is 48.7 Å². The van der Waals surface area contributed by atoms with E-state index in [0.29, 0.717) is 11.7 Å². The number of piperidine rings is 1. The molecule has 0 amide bonds. The molecule has 1 aromatic heterocycles. The van der Waals surface area contributed by atoms with Crippen molar-refractivity contribution in [2.24, 2.45) is 5.92 Å². The zero-order chi connectivity index (χ0) is 26.7. The van der Waals surface area contributed by atoms with Crippen molar-refractivity contribution in [2.45, 2.75) is 51.6 Å².